The molecule has 0 fully saturated rings. The second kappa shape index (κ2) is 8.59. The Morgan fingerprint density at radius 3 is 2.37 bits per heavy atom. The summed E-state index contributed by atoms with van der Waals surface area (Å²) in [5.41, 5.74) is 1.84. The fourth-order valence-electron chi connectivity index (χ4n) is 2.86. The molecule has 3 aromatic rings. The van der Waals surface area contributed by atoms with Crippen molar-refractivity contribution in [3.05, 3.63) is 64.2 Å². The number of carbonyl (C=O) groups excluding carboxylic acids is 1. The topological polar surface area (TPSA) is 128 Å². The zero-order chi connectivity index (χ0) is 21.9. The number of aromatic nitrogens is 4. The van der Waals surface area contributed by atoms with E-state index in [9.17, 15) is 18.0 Å². The van der Waals surface area contributed by atoms with Crippen LogP contribution in [-0.4, -0.2) is 40.4 Å². The summed E-state index contributed by atoms with van der Waals surface area (Å²) in [5, 5.41) is 11.2. The molecule has 0 bridgehead atoms. The van der Waals surface area contributed by atoms with Crippen molar-refractivity contribution in [2.45, 2.75) is 32.2 Å². The molecular formula is C19H22N6O4S. The molecule has 0 spiro atoms. The predicted molar refractivity (Wildman–Crippen MR) is 111 cm³/mol. The first-order chi connectivity index (χ1) is 14.2. The van der Waals surface area contributed by atoms with Crippen molar-refractivity contribution in [2.75, 3.05) is 11.9 Å². The lowest BCUT2D eigenvalue weighted by Crippen LogP contribution is -2.32. The van der Waals surface area contributed by atoms with Crippen LogP contribution >= 0.6 is 0 Å². The average Bonchev–Trinajstić information content (AvgIpc) is 3.01. The van der Waals surface area contributed by atoms with Crippen LogP contribution in [0.5, 0.6) is 0 Å². The molecular weight excluding hydrogens is 408 g/mol. The number of nitrogens with one attached hydrogen (secondary N) is 2. The SMILES string of the molecule is CC(=O)Nc1ccc(S(=O)(=O)NCCn2nc(-n3nc(C)cc3C)ccc2=O)cc1. The third-order valence-electron chi connectivity index (χ3n) is 4.18. The summed E-state index contributed by atoms with van der Waals surface area (Å²) >= 11 is 0. The number of hydrogen-bond donors (Lipinski definition) is 2. The van der Waals surface area contributed by atoms with Crippen molar-refractivity contribution < 1.29 is 13.2 Å². The van der Waals surface area contributed by atoms with Crippen LogP contribution in [0.25, 0.3) is 5.82 Å². The highest BCUT2D eigenvalue weighted by Gasteiger charge is 2.14. The molecule has 158 valence electrons. The number of sulfonamides is 1. The molecule has 0 atom stereocenters. The number of hydrogen-bond acceptors (Lipinski definition) is 6. The third-order valence-corrected chi connectivity index (χ3v) is 5.66. The van der Waals surface area contributed by atoms with Crippen LogP contribution in [0.2, 0.25) is 0 Å². The minimum Gasteiger partial charge on any atom is -0.326 e. The second-order valence-corrected chi connectivity index (χ2v) is 8.46. The fourth-order valence-corrected chi connectivity index (χ4v) is 3.88. The number of benzene rings is 1. The molecule has 0 unspecified atom stereocenters. The summed E-state index contributed by atoms with van der Waals surface area (Å²) in [6.07, 6.45) is 0. The van der Waals surface area contributed by atoms with Crippen molar-refractivity contribution >= 4 is 21.6 Å². The summed E-state index contributed by atoms with van der Waals surface area (Å²) < 4.78 is 30.2. The molecule has 0 saturated carbocycles. The van der Waals surface area contributed by atoms with Crippen molar-refractivity contribution in [1.82, 2.24) is 24.3 Å². The van der Waals surface area contributed by atoms with Crippen molar-refractivity contribution in [1.29, 1.82) is 0 Å². The van der Waals surface area contributed by atoms with Gasteiger partial charge in [-0.1, -0.05) is 0 Å². The molecule has 0 radical (unpaired) electrons. The molecule has 3 rings (SSSR count). The summed E-state index contributed by atoms with van der Waals surface area (Å²) in [6, 6.07) is 10.6. The number of rotatable bonds is 7. The maximum absolute atomic E-state index is 12.5. The van der Waals surface area contributed by atoms with E-state index in [2.05, 4.69) is 20.2 Å². The smallest absolute Gasteiger partial charge is 0.266 e. The molecule has 0 aliphatic rings. The lowest BCUT2D eigenvalue weighted by Gasteiger charge is -2.10. The minimum atomic E-state index is -3.78. The van der Waals surface area contributed by atoms with E-state index in [-0.39, 0.29) is 29.5 Å². The normalized spacial score (nSPS) is 11.4. The van der Waals surface area contributed by atoms with Gasteiger partial charge in [-0.25, -0.2) is 22.5 Å². The van der Waals surface area contributed by atoms with E-state index in [0.29, 0.717) is 11.5 Å². The summed E-state index contributed by atoms with van der Waals surface area (Å²) in [7, 11) is -3.78. The van der Waals surface area contributed by atoms with E-state index in [1.165, 1.54) is 41.9 Å². The zero-order valence-corrected chi connectivity index (χ0v) is 17.6. The molecule has 1 aromatic carbocycles. The maximum Gasteiger partial charge on any atom is 0.266 e. The van der Waals surface area contributed by atoms with Gasteiger partial charge in [0.1, 0.15) is 0 Å². The molecule has 10 nitrogen and oxygen atoms in total. The Kier molecular flexibility index (Phi) is 6.13. The van der Waals surface area contributed by atoms with E-state index in [1.807, 2.05) is 19.9 Å². The van der Waals surface area contributed by atoms with Crippen molar-refractivity contribution in [2.24, 2.45) is 0 Å². The highest BCUT2D eigenvalue weighted by atomic mass is 32.2. The van der Waals surface area contributed by atoms with Gasteiger partial charge in [0.2, 0.25) is 15.9 Å². The minimum absolute atomic E-state index is 0.0245. The molecule has 0 saturated heterocycles. The van der Waals surface area contributed by atoms with Gasteiger partial charge in [-0.15, -0.1) is 5.10 Å². The van der Waals surface area contributed by atoms with Gasteiger partial charge in [0, 0.05) is 30.9 Å². The van der Waals surface area contributed by atoms with Gasteiger partial charge in [0.15, 0.2) is 5.82 Å². The van der Waals surface area contributed by atoms with Crippen LogP contribution in [0.15, 0.2) is 52.2 Å². The molecule has 2 N–H and O–H groups in total. The second-order valence-electron chi connectivity index (χ2n) is 6.70. The first kappa shape index (κ1) is 21.4. The molecule has 0 aliphatic heterocycles. The molecule has 0 aliphatic carbocycles. The Bertz CT molecular complexity index is 1230. The van der Waals surface area contributed by atoms with Gasteiger partial charge in [0.25, 0.3) is 5.56 Å². The van der Waals surface area contributed by atoms with E-state index in [1.54, 1.807) is 10.7 Å². The lowest BCUT2D eigenvalue weighted by molar-refractivity contribution is -0.114. The first-order valence-electron chi connectivity index (χ1n) is 9.15. The van der Waals surface area contributed by atoms with Gasteiger partial charge in [-0.05, 0) is 50.2 Å². The Morgan fingerprint density at radius 2 is 1.77 bits per heavy atom. The van der Waals surface area contributed by atoms with Crippen LogP contribution in [-0.2, 0) is 21.4 Å². The maximum atomic E-state index is 12.5. The zero-order valence-electron chi connectivity index (χ0n) is 16.8. The summed E-state index contributed by atoms with van der Waals surface area (Å²) in [6.45, 7) is 5.13. The fraction of sp³-hybridized carbons (Fsp3) is 0.263. The van der Waals surface area contributed by atoms with Crippen LogP contribution in [0, 0.1) is 13.8 Å². The Labute approximate surface area is 173 Å². The monoisotopic (exact) mass is 430 g/mol. The van der Waals surface area contributed by atoms with Gasteiger partial charge in [-0.2, -0.15) is 5.10 Å². The first-order valence-corrected chi connectivity index (χ1v) is 10.6. The Morgan fingerprint density at radius 1 is 1.07 bits per heavy atom. The largest absolute Gasteiger partial charge is 0.326 e. The van der Waals surface area contributed by atoms with E-state index in [4.69, 9.17) is 0 Å². The Hall–Kier alpha value is -3.31. The van der Waals surface area contributed by atoms with Crippen LogP contribution in [0.1, 0.15) is 18.3 Å². The summed E-state index contributed by atoms with van der Waals surface area (Å²) in [5.74, 6) is 0.223. The number of carbonyl (C=O) groups is 1. The lowest BCUT2D eigenvalue weighted by atomic mass is 10.3. The molecule has 11 heteroatoms. The number of nitrogens with zero attached hydrogens (tertiary/aromatic N) is 4. The van der Waals surface area contributed by atoms with Crippen LogP contribution in [0.4, 0.5) is 5.69 Å². The van der Waals surface area contributed by atoms with Crippen molar-refractivity contribution in [3.8, 4) is 5.82 Å². The van der Waals surface area contributed by atoms with E-state index in [0.717, 1.165) is 11.4 Å². The van der Waals surface area contributed by atoms with Crippen molar-refractivity contribution in [3.63, 3.8) is 0 Å². The third kappa shape index (κ3) is 4.99. The summed E-state index contributed by atoms with van der Waals surface area (Å²) in [4.78, 5) is 23.2. The number of amides is 1. The molecule has 1 amide bonds. The number of anilines is 1. The van der Waals surface area contributed by atoms with E-state index >= 15 is 0 Å². The molecule has 30 heavy (non-hydrogen) atoms. The van der Waals surface area contributed by atoms with Gasteiger partial charge in [0.05, 0.1) is 17.1 Å². The van der Waals surface area contributed by atoms with E-state index < -0.39 is 10.0 Å². The highest BCUT2D eigenvalue weighted by molar-refractivity contribution is 7.89. The predicted octanol–water partition coefficient (Wildman–Crippen LogP) is 0.983. The van der Waals surface area contributed by atoms with Gasteiger partial charge in [-0.3, -0.25) is 9.59 Å². The number of aryl methyl sites for hydroxylation is 2. The van der Waals surface area contributed by atoms with Gasteiger partial charge < -0.3 is 5.32 Å². The Balaban J connectivity index is 1.69. The molecule has 2 heterocycles. The highest BCUT2D eigenvalue weighted by Crippen LogP contribution is 2.14. The van der Waals surface area contributed by atoms with Gasteiger partial charge >= 0.3 is 0 Å². The average molecular weight is 430 g/mol. The quantitative estimate of drug-likeness (QED) is 0.575. The van der Waals surface area contributed by atoms with Crippen LogP contribution < -0.4 is 15.6 Å². The van der Waals surface area contributed by atoms with Crippen LogP contribution in [0.3, 0.4) is 0 Å². The molecule has 2 aromatic heterocycles. The standard InChI is InChI=1S/C19H22N6O4S/c1-13-12-14(2)25(22-13)18-8-9-19(27)24(23-18)11-10-20-30(28,29)17-6-4-16(5-7-17)21-15(3)26/h4-9,12,20H,10-11H2,1-3H3,(H,21,26).